The van der Waals surface area contributed by atoms with Gasteiger partial charge in [0, 0.05) is 26.2 Å². The third-order valence-electron chi connectivity index (χ3n) is 5.59. The van der Waals surface area contributed by atoms with E-state index in [0.29, 0.717) is 32.6 Å². The summed E-state index contributed by atoms with van der Waals surface area (Å²) in [6.45, 7) is 7.84. The summed E-state index contributed by atoms with van der Waals surface area (Å²) in [6, 6.07) is 8.45. The number of hydrazine groups is 1. The van der Waals surface area contributed by atoms with Crippen LogP contribution in [0, 0.1) is 13.8 Å². The first-order valence-corrected chi connectivity index (χ1v) is 10.4. The zero-order valence-electron chi connectivity index (χ0n) is 18.2. The Labute approximate surface area is 178 Å². The normalized spacial score (nSPS) is 22.0. The van der Waals surface area contributed by atoms with Gasteiger partial charge in [0.1, 0.15) is 11.8 Å². The van der Waals surface area contributed by atoms with Crippen LogP contribution < -0.4 is 5.84 Å². The lowest BCUT2D eigenvalue weighted by molar-refractivity contribution is -0.149. The van der Waals surface area contributed by atoms with Crippen molar-refractivity contribution < 1.29 is 19.5 Å². The highest BCUT2D eigenvalue weighted by Crippen LogP contribution is 2.43. The van der Waals surface area contributed by atoms with E-state index in [-0.39, 0.29) is 18.4 Å². The standard InChI is InChI=1S/C12H20N4O3.C8H10.C2H4O/c13-16-6-5-15(11(19)12(16)2-3-12)8-10(18)14-4-1-9(17)7-14;1-7-4-3-5-8(2)6-7;1-2-3/h9,17H,1-8,13H2;3-6H,1-2H3;2H,1H3. The molecule has 0 bridgehead atoms. The molecule has 1 unspecified atom stereocenters. The first-order valence-electron chi connectivity index (χ1n) is 10.4. The third kappa shape index (κ3) is 6.10. The summed E-state index contributed by atoms with van der Waals surface area (Å²) in [6.07, 6.45) is 2.53. The van der Waals surface area contributed by atoms with Crippen LogP contribution >= 0.6 is 0 Å². The number of piperazine rings is 1. The minimum absolute atomic E-state index is 0.0191. The lowest BCUT2D eigenvalue weighted by atomic mass is 10.1. The molecule has 8 nitrogen and oxygen atoms in total. The molecule has 2 aliphatic heterocycles. The Bertz CT molecular complexity index is 733. The summed E-state index contributed by atoms with van der Waals surface area (Å²) in [5, 5.41) is 11.1. The lowest BCUT2D eigenvalue weighted by Gasteiger charge is -2.38. The minimum Gasteiger partial charge on any atom is -0.391 e. The first-order chi connectivity index (χ1) is 14.2. The van der Waals surface area contributed by atoms with Gasteiger partial charge in [0.2, 0.25) is 11.8 Å². The number of benzene rings is 1. The molecule has 30 heavy (non-hydrogen) atoms. The Morgan fingerprint density at radius 1 is 1.23 bits per heavy atom. The predicted octanol–water partition coefficient (Wildman–Crippen LogP) is 0.639. The van der Waals surface area contributed by atoms with Crippen molar-refractivity contribution in [2.75, 3.05) is 32.7 Å². The number of nitrogens with two attached hydrogens (primary N) is 1. The van der Waals surface area contributed by atoms with E-state index in [2.05, 4.69) is 38.1 Å². The number of β-amino-alcohol motifs (C(OH)–C–C–N with tert-alkyl or cyclic N) is 1. The number of aldehydes is 1. The number of amides is 2. The smallest absolute Gasteiger partial charge is 0.244 e. The van der Waals surface area contributed by atoms with Gasteiger partial charge in [-0.1, -0.05) is 35.4 Å². The van der Waals surface area contributed by atoms with E-state index in [4.69, 9.17) is 10.6 Å². The molecule has 1 aliphatic carbocycles. The van der Waals surface area contributed by atoms with Crippen molar-refractivity contribution in [3.63, 3.8) is 0 Å². The van der Waals surface area contributed by atoms with Gasteiger partial charge in [0.05, 0.1) is 12.6 Å². The number of carbonyl (C=O) groups excluding carboxylic acids is 3. The molecule has 1 spiro atoms. The molecular formula is C22H34N4O4. The van der Waals surface area contributed by atoms with E-state index in [0.717, 1.165) is 19.1 Å². The van der Waals surface area contributed by atoms with Gasteiger partial charge >= 0.3 is 0 Å². The van der Waals surface area contributed by atoms with Gasteiger partial charge in [0.15, 0.2) is 0 Å². The van der Waals surface area contributed by atoms with E-state index in [1.54, 1.807) is 14.8 Å². The molecule has 4 rings (SSSR count). The van der Waals surface area contributed by atoms with Crippen LogP contribution in [0.1, 0.15) is 37.3 Å². The molecule has 8 heteroatoms. The van der Waals surface area contributed by atoms with Crippen LogP contribution in [-0.2, 0) is 14.4 Å². The van der Waals surface area contributed by atoms with Crippen LogP contribution in [0.2, 0.25) is 0 Å². The molecule has 3 fully saturated rings. The summed E-state index contributed by atoms with van der Waals surface area (Å²) < 4.78 is 0. The quantitative estimate of drug-likeness (QED) is 0.539. The van der Waals surface area contributed by atoms with Gasteiger partial charge < -0.3 is 19.7 Å². The van der Waals surface area contributed by atoms with E-state index in [1.165, 1.54) is 18.1 Å². The summed E-state index contributed by atoms with van der Waals surface area (Å²) in [5.74, 6) is 5.76. The molecule has 0 aromatic heterocycles. The molecule has 3 N–H and O–H groups in total. The Hall–Kier alpha value is -2.29. The fourth-order valence-electron chi connectivity index (χ4n) is 3.77. The molecule has 1 atom stereocenters. The number of aliphatic hydroxyl groups is 1. The summed E-state index contributed by atoms with van der Waals surface area (Å²) in [7, 11) is 0. The molecule has 166 valence electrons. The van der Waals surface area contributed by atoms with Gasteiger partial charge in [-0.15, -0.1) is 0 Å². The molecule has 1 aromatic carbocycles. The predicted molar refractivity (Wildman–Crippen MR) is 114 cm³/mol. The van der Waals surface area contributed by atoms with Gasteiger partial charge in [-0.3, -0.25) is 15.4 Å². The second-order valence-electron chi connectivity index (χ2n) is 8.13. The Kier molecular flexibility index (Phi) is 8.52. The van der Waals surface area contributed by atoms with Crippen LogP contribution in [-0.4, -0.2) is 82.4 Å². The van der Waals surface area contributed by atoms with Crippen LogP contribution in [0.4, 0.5) is 0 Å². The number of likely N-dealkylation sites (tertiary alicyclic amines) is 1. The zero-order valence-corrected chi connectivity index (χ0v) is 18.2. The van der Waals surface area contributed by atoms with Crippen molar-refractivity contribution in [3.8, 4) is 0 Å². The van der Waals surface area contributed by atoms with Gasteiger partial charge in [-0.05, 0) is 40.0 Å². The summed E-state index contributed by atoms with van der Waals surface area (Å²) in [4.78, 5) is 36.5. The maximum absolute atomic E-state index is 12.3. The van der Waals surface area contributed by atoms with Crippen molar-refractivity contribution in [2.45, 2.75) is 51.7 Å². The average molecular weight is 419 g/mol. The maximum atomic E-state index is 12.3. The zero-order chi connectivity index (χ0) is 22.3. The molecule has 1 saturated carbocycles. The highest BCUT2D eigenvalue weighted by molar-refractivity contribution is 5.93. The maximum Gasteiger partial charge on any atom is 0.244 e. The topological polar surface area (TPSA) is 107 Å². The second kappa shape index (κ2) is 10.7. The van der Waals surface area contributed by atoms with E-state index in [1.807, 2.05) is 0 Å². The van der Waals surface area contributed by atoms with Crippen molar-refractivity contribution >= 4 is 18.1 Å². The van der Waals surface area contributed by atoms with Gasteiger partial charge in [-0.2, -0.15) is 0 Å². The highest BCUT2D eigenvalue weighted by atomic mass is 16.3. The Balaban J connectivity index is 0.000000243. The van der Waals surface area contributed by atoms with Crippen molar-refractivity contribution in [3.05, 3.63) is 35.4 Å². The van der Waals surface area contributed by atoms with E-state index >= 15 is 0 Å². The number of nitrogens with zero attached hydrogens (tertiary/aromatic N) is 3. The molecular weight excluding hydrogens is 384 g/mol. The van der Waals surface area contributed by atoms with Crippen LogP contribution in [0.5, 0.6) is 0 Å². The number of aryl methyl sites for hydroxylation is 2. The number of carbonyl (C=O) groups is 3. The SMILES string of the molecule is CC=O.Cc1cccc(C)c1.NN1CCN(CC(=O)N2CCC(O)C2)C(=O)C12CC2. The fraction of sp³-hybridized carbons (Fsp3) is 0.591. The number of hydrogen-bond donors (Lipinski definition) is 2. The van der Waals surface area contributed by atoms with E-state index in [9.17, 15) is 14.7 Å². The molecule has 1 aromatic rings. The monoisotopic (exact) mass is 418 g/mol. The number of rotatable bonds is 2. The number of aliphatic hydroxyl groups excluding tert-OH is 1. The van der Waals surface area contributed by atoms with Crippen molar-refractivity contribution in [2.24, 2.45) is 5.84 Å². The largest absolute Gasteiger partial charge is 0.391 e. The summed E-state index contributed by atoms with van der Waals surface area (Å²) >= 11 is 0. The fourth-order valence-corrected chi connectivity index (χ4v) is 3.77. The Morgan fingerprint density at radius 3 is 2.27 bits per heavy atom. The van der Waals surface area contributed by atoms with Crippen molar-refractivity contribution in [1.29, 1.82) is 0 Å². The molecule has 2 saturated heterocycles. The summed E-state index contributed by atoms with van der Waals surface area (Å²) in [5.41, 5.74) is 2.15. The molecule has 2 amide bonds. The van der Waals surface area contributed by atoms with Crippen LogP contribution in [0.3, 0.4) is 0 Å². The molecule has 3 aliphatic rings. The van der Waals surface area contributed by atoms with Crippen LogP contribution in [0.25, 0.3) is 0 Å². The van der Waals surface area contributed by atoms with Gasteiger partial charge in [-0.25, -0.2) is 5.01 Å². The van der Waals surface area contributed by atoms with Crippen LogP contribution in [0.15, 0.2) is 24.3 Å². The first kappa shape index (κ1) is 24.0. The Morgan fingerprint density at radius 2 is 1.83 bits per heavy atom. The average Bonchev–Trinajstić information content (AvgIpc) is 3.38. The minimum atomic E-state index is -0.525. The lowest BCUT2D eigenvalue weighted by Crippen LogP contribution is -2.62. The van der Waals surface area contributed by atoms with Gasteiger partial charge in [0.25, 0.3) is 0 Å². The highest BCUT2D eigenvalue weighted by Gasteiger charge is 2.57. The second-order valence-corrected chi connectivity index (χ2v) is 8.13. The number of hydrogen-bond acceptors (Lipinski definition) is 6. The molecule has 0 radical (unpaired) electrons. The van der Waals surface area contributed by atoms with Crippen molar-refractivity contribution in [1.82, 2.24) is 14.8 Å². The third-order valence-corrected chi connectivity index (χ3v) is 5.59. The van der Waals surface area contributed by atoms with E-state index < -0.39 is 11.6 Å². The molecule has 2 heterocycles.